The summed E-state index contributed by atoms with van der Waals surface area (Å²) >= 11 is 3.46. The molecule has 0 aromatic rings. The van der Waals surface area contributed by atoms with Crippen molar-refractivity contribution >= 4 is 21.8 Å². The molecule has 0 heterocycles. The molecule has 1 unspecified atom stereocenters. The predicted octanol–water partition coefficient (Wildman–Crippen LogP) is 4.22. The average molecular weight is 318 g/mol. The van der Waals surface area contributed by atoms with Crippen LogP contribution in [0.2, 0.25) is 0 Å². The summed E-state index contributed by atoms with van der Waals surface area (Å²) in [7, 11) is 0. The van der Waals surface area contributed by atoms with E-state index in [4.69, 9.17) is 0 Å². The van der Waals surface area contributed by atoms with Crippen LogP contribution in [0.25, 0.3) is 0 Å². The summed E-state index contributed by atoms with van der Waals surface area (Å²) in [6.07, 6.45) is 5.79. The van der Waals surface area contributed by atoms with Gasteiger partial charge in [0.25, 0.3) is 0 Å². The van der Waals surface area contributed by atoms with E-state index in [0.29, 0.717) is 11.9 Å². The molecule has 0 aromatic heterocycles. The van der Waals surface area contributed by atoms with Crippen LogP contribution >= 0.6 is 15.9 Å². The average Bonchev–Trinajstić information content (AvgIpc) is 2.28. The van der Waals surface area contributed by atoms with Crippen molar-refractivity contribution in [3.63, 3.8) is 0 Å². The van der Waals surface area contributed by atoms with Crippen molar-refractivity contribution in [1.82, 2.24) is 4.90 Å². The lowest BCUT2D eigenvalue weighted by atomic mass is 9.68. The number of nitrogens with zero attached hydrogens (tertiary/aromatic N) is 1. The van der Waals surface area contributed by atoms with Gasteiger partial charge in [-0.25, -0.2) is 0 Å². The standard InChI is InChI=1S/C15H28BrNO/c1-12(2)17(11-7-10-16)14(18)13-8-5-6-9-15(13,3)4/h12-13H,5-11H2,1-4H3. The van der Waals surface area contributed by atoms with Crippen molar-refractivity contribution in [2.24, 2.45) is 11.3 Å². The number of halogens is 1. The minimum atomic E-state index is 0.177. The Balaban J connectivity index is 2.74. The topological polar surface area (TPSA) is 20.3 Å². The van der Waals surface area contributed by atoms with Gasteiger partial charge in [0.05, 0.1) is 0 Å². The smallest absolute Gasteiger partial charge is 0.226 e. The van der Waals surface area contributed by atoms with Crippen molar-refractivity contribution in [2.75, 3.05) is 11.9 Å². The van der Waals surface area contributed by atoms with E-state index >= 15 is 0 Å². The highest BCUT2D eigenvalue weighted by Crippen LogP contribution is 2.41. The molecule has 1 aliphatic rings. The van der Waals surface area contributed by atoms with Gasteiger partial charge < -0.3 is 4.90 Å². The Morgan fingerprint density at radius 2 is 2.06 bits per heavy atom. The largest absolute Gasteiger partial charge is 0.340 e. The quantitative estimate of drug-likeness (QED) is 0.695. The number of carbonyl (C=O) groups excluding carboxylic acids is 1. The fourth-order valence-corrected chi connectivity index (χ4v) is 3.26. The van der Waals surface area contributed by atoms with E-state index in [1.807, 2.05) is 0 Å². The third kappa shape index (κ3) is 3.97. The third-order valence-corrected chi connectivity index (χ3v) is 4.81. The Kier molecular flexibility index (Phi) is 6.16. The van der Waals surface area contributed by atoms with E-state index in [9.17, 15) is 4.79 Å². The number of alkyl halides is 1. The van der Waals surface area contributed by atoms with Crippen molar-refractivity contribution in [1.29, 1.82) is 0 Å². The predicted molar refractivity (Wildman–Crippen MR) is 81.0 cm³/mol. The van der Waals surface area contributed by atoms with Gasteiger partial charge in [0.15, 0.2) is 0 Å². The van der Waals surface area contributed by atoms with Crippen molar-refractivity contribution in [3.05, 3.63) is 0 Å². The molecule has 2 nitrogen and oxygen atoms in total. The molecular formula is C15H28BrNO. The maximum atomic E-state index is 12.8. The Labute approximate surface area is 121 Å². The van der Waals surface area contributed by atoms with Crippen LogP contribution in [0, 0.1) is 11.3 Å². The zero-order valence-corrected chi connectivity index (χ0v) is 13.9. The first-order valence-electron chi connectivity index (χ1n) is 7.26. The lowest BCUT2D eigenvalue weighted by molar-refractivity contribution is -0.143. The molecule has 0 spiro atoms. The van der Waals surface area contributed by atoms with E-state index in [-0.39, 0.29) is 11.3 Å². The van der Waals surface area contributed by atoms with Crippen LogP contribution < -0.4 is 0 Å². The molecule has 1 rings (SSSR count). The van der Waals surface area contributed by atoms with Gasteiger partial charge >= 0.3 is 0 Å². The van der Waals surface area contributed by atoms with Crippen molar-refractivity contribution in [2.45, 2.75) is 65.8 Å². The van der Waals surface area contributed by atoms with Gasteiger partial charge in [0, 0.05) is 23.8 Å². The van der Waals surface area contributed by atoms with Gasteiger partial charge in [-0.1, -0.05) is 42.6 Å². The molecule has 18 heavy (non-hydrogen) atoms. The molecule has 0 saturated heterocycles. The molecule has 1 aliphatic carbocycles. The summed E-state index contributed by atoms with van der Waals surface area (Å²) in [5, 5.41) is 0.970. The number of hydrogen-bond donors (Lipinski definition) is 0. The lowest BCUT2D eigenvalue weighted by Crippen LogP contribution is -2.47. The summed E-state index contributed by atoms with van der Waals surface area (Å²) in [4.78, 5) is 14.9. The fraction of sp³-hybridized carbons (Fsp3) is 0.933. The monoisotopic (exact) mass is 317 g/mol. The number of hydrogen-bond acceptors (Lipinski definition) is 1. The van der Waals surface area contributed by atoms with Crippen LogP contribution in [-0.2, 0) is 4.79 Å². The van der Waals surface area contributed by atoms with E-state index in [2.05, 4.69) is 48.5 Å². The maximum absolute atomic E-state index is 12.8. The molecule has 3 heteroatoms. The molecule has 0 aliphatic heterocycles. The first-order valence-corrected chi connectivity index (χ1v) is 8.38. The SMILES string of the molecule is CC(C)N(CCCBr)C(=O)C1CCCCC1(C)C. The molecule has 1 amide bonds. The first-order chi connectivity index (χ1) is 8.40. The first kappa shape index (κ1) is 16.0. The second-order valence-corrected chi connectivity index (χ2v) is 7.25. The highest BCUT2D eigenvalue weighted by atomic mass is 79.9. The Morgan fingerprint density at radius 1 is 1.39 bits per heavy atom. The maximum Gasteiger partial charge on any atom is 0.226 e. The van der Waals surface area contributed by atoms with Crippen LogP contribution in [0.1, 0.15) is 59.8 Å². The summed E-state index contributed by atoms with van der Waals surface area (Å²) < 4.78 is 0. The molecule has 0 radical (unpaired) electrons. The van der Waals surface area contributed by atoms with Crippen molar-refractivity contribution in [3.8, 4) is 0 Å². The molecule has 1 fully saturated rings. The number of amides is 1. The molecule has 0 aromatic carbocycles. The molecular weight excluding hydrogens is 290 g/mol. The molecule has 1 atom stereocenters. The number of carbonyl (C=O) groups is 1. The summed E-state index contributed by atoms with van der Waals surface area (Å²) in [5.41, 5.74) is 0.177. The van der Waals surface area contributed by atoms with E-state index < -0.39 is 0 Å². The fourth-order valence-electron chi connectivity index (χ4n) is 3.00. The van der Waals surface area contributed by atoms with E-state index in [1.54, 1.807) is 0 Å². The Bertz CT molecular complexity index is 276. The minimum Gasteiger partial charge on any atom is -0.340 e. The van der Waals surface area contributed by atoms with E-state index in [0.717, 1.165) is 24.7 Å². The van der Waals surface area contributed by atoms with Crippen LogP contribution in [0.5, 0.6) is 0 Å². The Morgan fingerprint density at radius 3 is 2.56 bits per heavy atom. The van der Waals surface area contributed by atoms with Crippen LogP contribution in [-0.4, -0.2) is 28.7 Å². The lowest BCUT2D eigenvalue weighted by Gasteiger charge is -2.41. The highest BCUT2D eigenvalue weighted by Gasteiger charge is 2.39. The zero-order valence-electron chi connectivity index (χ0n) is 12.3. The highest BCUT2D eigenvalue weighted by molar-refractivity contribution is 9.09. The van der Waals surface area contributed by atoms with Crippen LogP contribution in [0.3, 0.4) is 0 Å². The van der Waals surface area contributed by atoms with Gasteiger partial charge in [-0.15, -0.1) is 0 Å². The molecule has 0 N–H and O–H groups in total. The molecule has 106 valence electrons. The Hall–Kier alpha value is -0.0500. The molecule has 1 saturated carbocycles. The van der Waals surface area contributed by atoms with Crippen molar-refractivity contribution < 1.29 is 4.79 Å². The van der Waals surface area contributed by atoms with Gasteiger partial charge in [0.2, 0.25) is 5.91 Å². The minimum absolute atomic E-state index is 0.177. The van der Waals surface area contributed by atoms with Gasteiger partial charge in [-0.05, 0) is 38.5 Å². The second kappa shape index (κ2) is 6.93. The van der Waals surface area contributed by atoms with Crippen LogP contribution in [0.4, 0.5) is 0 Å². The summed E-state index contributed by atoms with van der Waals surface area (Å²) in [6, 6.07) is 0.314. The van der Waals surface area contributed by atoms with Gasteiger partial charge in [0.1, 0.15) is 0 Å². The van der Waals surface area contributed by atoms with Crippen LogP contribution in [0.15, 0.2) is 0 Å². The third-order valence-electron chi connectivity index (χ3n) is 4.24. The van der Waals surface area contributed by atoms with Gasteiger partial charge in [-0.2, -0.15) is 0 Å². The van der Waals surface area contributed by atoms with Gasteiger partial charge in [-0.3, -0.25) is 4.79 Å². The second-order valence-electron chi connectivity index (χ2n) is 6.45. The summed E-state index contributed by atoms with van der Waals surface area (Å²) in [5.74, 6) is 0.611. The molecule has 0 bridgehead atoms. The zero-order chi connectivity index (χ0) is 13.8. The number of rotatable bonds is 5. The summed E-state index contributed by atoms with van der Waals surface area (Å²) in [6.45, 7) is 9.66. The van der Waals surface area contributed by atoms with E-state index in [1.165, 1.54) is 19.3 Å². The normalized spacial score (nSPS) is 23.1.